The Labute approximate surface area is 147 Å². The largest absolute Gasteiger partial charge is 0.504 e. The molecule has 0 unspecified atom stereocenters. The Hall–Kier alpha value is -2.06. The molecule has 0 aliphatic carbocycles. The SMILES string of the molecule is CCOC(=O)C1=CS[C@H]2S/C(=C\c3cccc(OC)c3O)C(=O)N12. The van der Waals surface area contributed by atoms with E-state index in [1.807, 2.05) is 0 Å². The molecule has 1 aromatic rings. The molecule has 2 aliphatic rings. The van der Waals surface area contributed by atoms with Gasteiger partial charge < -0.3 is 14.6 Å². The molecular formula is C16H15NO5S2. The Morgan fingerprint density at radius 3 is 2.96 bits per heavy atom. The van der Waals surface area contributed by atoms with Crippen molar-refractivity contribution in [3.8, 4) is 11.5 Å². The van der Waals surface area contributed by atoms with Crippen LogP contribution in [0.2, 0.25) is 0 Å². The zero-order valence-corrected chi connectivity index (χ0v) is 14.6. The summed E-state index contributed by atoms with van der Waals surface area (Å²) in [5, 5.41) is 11.8. The number of ether oxygens (including phenoxy) is 2. The van der Waals surface area contributed by atoms with Crippen molar-refractivity contribution in [1.29, 1.82) is 0 Å². The van der Waals surface area contributed by atoms with E-state index in [-0.39, 0.29) is 28.7 Å². The van der Waals surface area contributed by atoms with Crippen LogP contribution in [0.5, 0.6) is 11.5 Å². The minimum Gasteiger partial charge on any atom is -0.504 e. The van der Waals surface area contributed by atoms with Gasteiger partial charge in [0.25, 0.3) is 5.91 Å². The number of fused-ring (bicyclic) bond motifs is 1. The van der Waals surface area contributed by atoms with Gasteiger partial charge in [-0.3, -0.25) is 9.69 Å². The van der Waals surface area contributed by atoms with E-state index in [4.69, 9.17) is 9.47 Å². The second kappa shape index (κ2) is 6.82. The first kappa shape index (κ1) is 16.8. The van der Waals surface area contributed by atoms with Crippen molar-refractivity contribution in [3.63, 3.8) is 0 Å². The molecule has 1 atom stereocenters. The zero-order chi connectivity index (χ0) is 17.3. The van der Waals surface area contributed by atoms with Crippen LogP contribution in [0.1, 0.15) is 12.5 Å². The van der Waals surface area contributed by atoms with Crippen molar-refractivity contribution in [2.45, 2.75) is 11.6 Å². The number of carbonyl (C=O) groups excluding carboxylic acids is 2. The molecule has 0 radical (unpaired) electrons. The number of hydrogen-bond acceptors (Lipinski definition) is 7. The first-order chi connectivity index (χ1) is 11.6. The predicted molar refractivity (Wildman–Crippen MR) is 93.2 cm³/mol. The Morgan fingerprint density at radius 1 is 1.46 bits per heavy atom. The van der Waals surface area contributed by atoms with E-state index in [2.05, 4.69) is 0 Å². The van der Waals surface area contributed by atoms with Gasteiger partial charge >= 0.3 is 5.97 Å². The highest BCUT2D eigenvalue weighted by Crippen LogP contribution is 2.49. The maximum absolute atomic E-state index is 12.6. The van der Waals surface area contributed by atoms with Crippen LogP contribution >= 0.6 is 23.5 Å². The number of aromatic hydroxyl groups is 1. The number of carbonyl (C=O) groups is 2. The summed E-state index contributed by atoms with van der Waals surface area (Å²) in [7, 11) is 1.46. The summed E-state index contributed by atoms with van der Waals surface area (Å²) in [6.07, 6.45) is 1.60. The lowest BCUT2D eigenvalue weighted by molar-refractivity contribution is -0.142. The van der Waals surface area contributed by atoms with E-state index >= 15 is 0 Å². The van der Waals surface area contributed by atoms with Gasteiger partial charge in [0.2, 0.25) is 0 Å². The van der Waals surface area contributed by atoms with Crippen molar-refractivity contribution >= 4 is 41.5 Å². The van der Waals surface area contributed by atoms with Crippen LogP contribution in [0.25, 0.3) is 6.08 Å². The Morgan fingerprint density at radius 2 is 2.25 bits per heavy atom. The Bertz CT molecular complexity index is 759. The number of benzene rings is 1. The number of hydrogen-bond donors (Lipinski definition) is 1. The van der Waals surface area contributed by atoms with E-state index in [0.717, 1.165) is 0 Å². The number of phenols is 1. The van der Waals surface area contributed by atoms with E-state index in [1.54, 1.807) is 36.6 Å². The zero-order valence-electron chi connectivity index (χ0n) is 13.0. The van der Waals surface area contributed by atoms with Gasteiger partial charge in [0.15, 0.2) is 11.5 Å². The normalized spacial score (nSPS) is 21.0. The van der Waals surface area contributed by atoms with Gasteiger partial charge in [-0.2, -0.15) is 0 Å². The first-order valence-electron chi connectivity index (χ1n) is 7.17. The Balaban J connectivity index is 1.88. The van der Waals surface area contributed by atoms with Gasteiger partial charge in [0.1, 0.15) is 10.4 Å². The van der Waals surface area contributed by atoms with Crippen LogP contribution in [0.4, 0.5) is 0 Å². The van der Waals surface area contributed by atoms with Gasteiger partial charge in [0.05, 0.1) is 18.6 Å². The molecule has 1 fully saturated rings. The number of rotatable bonds is 4. The maximum Gasteiger partial charge on any atom is 0.355 e. The number of para-hydroxylation sites is 1. The third-order valence-corrected chi connectivity index (χ3v) is 5.83. The summed E-state index contributed by atoms with van der Waals surface area (Å²) in [5.41, 5.74) is 0.737. The summed E-state index contributed by atoms with van der Waals surface area (Å²) < 4.78 is 9.83. The lowest BCUT2D eigenvalue weighted by Crippen LogP contribution is -2.30. The van der Waals surface area contributed by atoms with Crippen LogP contribution < -0.4 is 4.74 Å². The molecule has 0 spiro atoms. The molecule has 8 heteroatoms. The fourth-order valence-electron chi connectivity index (χ4n) is 2.33. The van der Waals surface area contributed by atoms with Crippen LogP contribution in [-0.2, 0) is 14.3 Å². The fraction of sp³-hybridized carbons (Fsp3) is 0.250. The minimum atomic E-state index is -0.507. The van der Waals surface area contributed by atoms with Gasteiger partial charge in [0, 0.05) is 11.0 Å². The number of methoxy groups -OCH3 is 1. The molecule has 0 aromatic heterocycles. The van der Waals surface area contributed by atoms with Crippen molar-refractivity contribution in [2.75, 3.05) is 13.7 Å². The highest BCUT2D eigenvalue weighted by molar-refractivity contribution is 8.21. The van der Waals surface area contributed by atoms with Crippen molar-refractivity contribution < 1.29 is 24.2 Å². The molecule has 1 saturated heterocycles. The molecule has 2 aliphatic heterocycles. The standard InChI is InChI=1S/C16H15NO5S2/c1-3-22-15(20)10-8-23-16-17(10)14(19)12(24-16)7-9-5-4-6-11(21-2)13(9)18/h4-8,16,18H,3H2,1-2H3/b12-7-/t16-/m0/s1. The molecule has 126 valence electrons. The third-order valence-electron chi connectivity index (χ3n) is 3.45. The topological polar surface area (TPSA) is 76.1 Å². The fourth-order valence-corrected chi connectivity index (χ4v) is 4.74. The summed E-state index contributed by atoms with van der Waals surface area (Å²) in [6.45, 7) is 1.97. The summed E-state index contributed by atoms with van der Waals surface area (Å²) in [6, 6.07) is 5.06. The molecule has 1 N–H and O–H groups in total. The molecule has 1 aromatic carbocycles. The minimum absolute atomic E-state index is 0.0261. The van der Waals surface area contributed by atoms with Crippen molar-refractivity contribution in [2.24, 2.45) is 0 Å². The third kappa shape index (κ3) is 2.87. The molecule has 0 bridgehead atoms. The smallest absolute Gasteiger partial charge is 0.355 e. The molecular weight excluding hydrogens is 350 g/mol. The summed E-state index contributed by atoms with van der Waals surface area (Å²) >= 11 is 2.72. The van der Waals surface area contributed by atoms with E-state index in [1.165, 1.54) is 35.5 Å². The van der Waals surface area contributed by atoms with Crippen molar-refractivity contribution in [3.05, 3.63) is 39.8 Å². The molecule has 0 saturated carbocycles. The number of amides is 1. The molecule has 2 heterocycles. The Kier molecular flexibility index (Phi) is 4.77. The van der Waals surface area contributed by atoms with Gasteiger partial charge in [-0.05, 0) is 19.1 Å². The average molecular weight is 365 g/mol. The van der Waals surface area contributed by atoms with Crippen LogP contribution in [0.3, 0.4) is 0 Å². The highest BCUT2D eigenvalue weighted by atomic mass is 32.2. The molecule has 1 amide bonds. The van der Waals surface area contributed by atoms with Crippen LogP contribution in [0, 0.1) is 0 Å². The average Bonchev–Trinajstić information content (AvgIpc) is 3.11. The van der Waals surface area contributed by atoms with Gasteiger partial charge in [-0.1, -0.05) is 35.7 Å². The van der Waals surface area contributed by atoms with E-state index in [0.29, 0.717) is 16.2 Å². The van der Waals surface area contributed by atoms with Gasteiger partial charge in [-0.25, -0.2) is 4.79 Å². The van der Waals surface area contributed by atoms with E-state index < -0.39 is 5.97 Å². The maximum atomic E-state index is 12.6. The first-order valence-corrected chi connectivity index (χ1v) is 8.99. The van der Waals surface area contributed by atoms with E-state index in [9.17, 15) is 14.7 Å². The number of esters is 1. The monoisotopic (exact) mass is 365 g/mol. The predicted octanol–water partition coefficient (Wildman–Crippen LogP) is 2.75. The van der Waals surface area contributed by atoms with Crippen LogP contribution in [0.15, 0.2) is 34.2 Å². The summed E-state index contributed by atoms with van der Waals surface area (Å²) in [4.78, 5) is 26.5. The quantitative estimate of drug-likeness (QED) is 0.649. The number of phenolic OH excluding ortho intramolecular Hbond substituents is 1. The lowest BCUT2D eigenvalue weighted by Gasteiger charge is -2.16. The summed E-state index contributed by atoms with van der Waals surface area (Å²) in [5.74, 6) is -0.480. The molecule has 3 rings (SSSR count). The number of nitrogens with zero attached hydrogens (tertiary/aromatic N) is 1. The lowest BCUT2D eigenvalue weighted by atomic mass is 10.1. The number of thioether (sulfide) groups is 2. The van der Waals surface area contributed by atoms with Crippen molar-refractivity contribution in [1.82, 2.24) is 4.90 Å². The van der Waals surface area contributed by atoms with Gasteiger partial charge in [-0.15, -0.1) is 0 Å². The second-order valence-electron chi connectivity index (χ2n) is 4.87. The molecule has 24 heavy (non-hydrogen) atoms. The van der Waals surface area contributed by atoms with Crippen LogP contribution in [-0.4, -0.2) is 40.3 Å². The highest BCUT2D eigenvalue weighted by Gasteiger charge is 2.44. The molecule has 6 nitrogen and oxygen atoms in total. The second-order valence-corrected chi connectivity index (χ2v) is 7.24.